The molecule has 3 N–H and O–H groups in total. The highest BCUT2D eigenvalue weighted by Gasteiger charge is 2.64. The van der Waals surface area contributed by atoms with Crippen molar-refractivity contribution in [1.82, 2.24) is 0 Å². The molecule has 4 aliphatic rings. The lowest BCUT2D eigenvalue weighted by atomic mass is 9.41. The summed E-state index contributed by atoms with van der Waals surface area (Å²) < 4.78 is 0. The van der Waals surface area contributed by atoms with Gasteiger partial charge in [0, 0.05) is 0 Å². The van der Waals surface area contributed by atoms with Gasteiger partial charge in [-0.1, -0.05) is 64.4 Å². The van der Waals surface area contributed by atoms with Crippen molar-refractivity contribution >= 4 is 16.7 Å². The van der Waals surface area contributed by atoms with Crippen LogP contribution in [0.25, 0.3) is 10.8 Å². The quantitative estimate of drug-likeness (QED) is 0.376. The first kappa shape index (κ1) is 27.3. The number of fused-ring (bicyclic) bond motifs is 6. The van der Waals surface area contributed by atoms with Gasteiger partial charge >= 0.3 is 5.97 Å². The molecule has 0 heterocycles. The summed E-state index contributed by atoms with van der Waals surface area (Å²) in [5.41, 5.74) is 2.08. The number of carboxylic acids is 1. The lowest BCUT2D eigenvalue weighted by molar-refractivity contribution is -0.203. The fraction of sp³-hybridized carbons (Fsp3) is 0.686. The molecule has 4 unspecified atom stereocenters. The Morgan fingerprint density at radius 3 is 2.46 bits per heavy atom. The van der Waals surface area contributed by atoms with Crippen molar-refractivity contribution in [1.29, 1.82) is 0 Å². The fourth-order valence-electron chi connectivity index (χ4n) is 11.1. The first-order valence-corrected chi connectivity index (χ1v) is 15.7. The fourth-order valence-corrected chi connectivity index (χ4v) is 11.1. The molecule has 4 fully saturated rings. The first-order valence-electron chi connectivity index (χ1n) is 15.7. The van der Waals surface area contributed by atoms with Gasteiger partial charge in [-0.05, 0) is 126 Å². The lowest BCUT2D eigenvalue weighted by Gasteiger charge is -2.64. The Morgan fingerprint density at radius 1 is 0.974 bits per heavy atom. The Morgan fingerprint density at radius 2 is 1.72 bits per heavy atom. The largest absolute Gasteiger partial charge is 0.478 e. The van der Waals surface area contributed by atoms with E-state index in [1.165, 1.54) is 31.2 Å². The van der Waals surface area contributed by atoms with Crippen LogP contribution in [0.1, 0.15) is 95.0 Å². The topological polar surface area (TPSA) is 77.8 Å². The van der Waals surface area contributed by atoms with Crippen LogP contribution in [0.2, 0.25) is 0 Å². The molecular formula is C35H48O4. The van der Waals surface area contributed by atoms with Gasteiger partial charge in [0.25, 0.3) is 0 Å². The van der Waals surface area contributed by atoms with E-state index in [2.05, 4.69) is 45.9 Å². The van der Waals surface area contributed by atoms with E-state index in [0.29, 0.717) is 47.0 Å². The molecule has 4 heteroatoms. The zero-order chi connectivity index (χ0) is 27.7. The number of aliphatic hydroxyl groups excluding tert-OH is 2. The summed E-state index contributed by atoms with van der Waals surface area (Å²) in [5.74, 6) is 2.48. The average Bonchev–Trinajstić information content (AvgIpc) is 3.26. The summed E-state index contributed by atoms with van der Waals surface area (Å²) in [6.07, 6.45) is 9.28. The maximum Gasteiger partial charge on any atom is 0.336 e. The lowest BCUT2D eigenvalue weighted by Crippen LogP contribution is -2.62. The molecule has 2 aromatic rings. The maximum absolute atomic E-state index is 12.0. The smallest absolute Gasteiger partial charge is 0.336 e. The van der Waals surface area contributed by atoms with Gasteiger partial charge in [0.2, 0.25) is 0 Å². The number of benzene rings is 2. The van der Waals surface area contributed by atoms with Crippen molar-refractivity contribution in [3.05, 3.63) is 47.5 Å². The van der Waals surface area contributed by atoms with Crippen LogP contribution in [0, 0.1) is 52.3 Å². The minimum atomic E-state index is -0.867. The molecule has 4 saturated carbocycles. The van der Waals surface area contributed by atoms with Gasteiger partial charge in [0.05, 0.1) is 17.8 Å². The summed E-state index contributed by atoms with van der Waals surface area (Å²) in [6.45, 7) is 9.70. The third-order valence-corrected chi connectivity index (χ3v) is 12.9. The van der Waals surface area contributed by atoms with Crippen molar-refractivity contribution in [3.8, 4) is 0 Å². The number of carboxylic acid groups (broad SMARTS) is 1. The molecule has 0 aliphatic heterocycles. The molecule has 11 atom stereocenters. The second-order valence-corrected chi connectivity index (χ2v) is 14.5. The van der Waals surface area contributed by atoms with Gasteiger partial charge in [0.1, 0.15) is 0 Å². The first-order chi connectivity index (χ1) is 18.6. The summed E-state index contributed by atoms with van der Waals surface area (Å²) in [7, 11) is 0. The van der Waals surface area contributed by atoms with Crippen LogP contribution in [0.5, 0.6) is 0 Å². The van der Waals surface area contributed by atoms with E-state index in [1.54, 1.807) is 6.07 Å². The Hall–Kier alpha value is -1.91. The minimum absolute atomic E-state index is 0.201. The molecule has 0 aromatic heterocycles. The van der Waals surface area contributed by atoms with Crippen molar-refractivity contribution in [3.63, 3.8) is 0 Å². The molecule has 0 amide bonds. The third-order valence-electron chi connectivity index (χ3n) is 12.9. The van der Waals surface area contributed by atoms with Crippen molar-refractivity contribution in [2.24, 2.45) is 52.3 Å². The molecule has 0 radical (unpaired) electrons. The second kappa shape index (κ2) is 9.87. The van der Waals surface area contributed by atoms with E-state index in [1.807, 2.05) is 12.1 Å². The minimum Gasteiger partial charge on any atom is -0.478 e. The average molecular weight is 533 g/mol. The van der Waals surface area contributed by atoms with E-state index in [4.69, 9.17) is 0 Å². The van der Waals surface area contributed by atoms with E-state index >= 15 is 0 Å². The second-order valence-electron chi connectivity index (χ2n) is 14.5. The predicted octanol–water partition coefficient (Wildman–Crippen LogP) is 7.34. The van der Waals surface area contributed by atoms with Gasteiger partial charge in [-0.15, -0.1) is 0 Å². The van der Waals surface area contributed by atoms with Crippen molar-refractivity contribution in [2.45, 2.75) is 97.7 Å². The molecule has 0 bridgehead atoms. The summed E-state index contributed by atoms with van der Waals surface area (Å²) in [5, 5.41) is 34.1. The highest BCUT2D eigenvalue weighted by Crippen LogP contribution is 2.69. The van der Waals surface area contributed by atoms with Crippen LogP contribution >= 0.6 is 0 Å². The molecule has 6 rings (SSSR count). The number of aromatic carboxylic acids is 1. The maximum atomic E-state index is 12.0. The van der Waals surface area contributed by atoms with E-state index in [0.717, 1.165) is 42.9 Å². The number of carbonyl (C=O) groups is 1. The Bertz CT molecular complexity index is 1240. The van der Waals surface area contributed by atoms with Crippen LogP contribution < -0.4 is 0 Å². The molecular weight excluding hydrogens is 484 g/mol. The van der Waals surface area contributed by atoms with Crippen LogP contribution in [-0.4, -0.2) is 33.5 Å². The van der Waals surface area contributed by atoms with Crippen LogP contribution in [0.3, 0.4) is 0 Å². The summed E-state index contributed by atoms with van der Waals surface area (Å²) >= 11 is 0. The highest BCUT2D eigenvalue weighted by atomic mass is 16.4. The predicted molar refractivity (Wildman–Crippen MR) is 156 cm³/mol. The van der Waals surface area contributed by atoms with Crippen LogP contribution in [0.4, 0.5) is 0 Å². The molecule has 4 nitrogen and oxygen atoms in total. The van der Waals surface area contributed by atoms with Crippen LogP contribution in [-0.2, 0) is 6.42 Å². The highest BCUT2D eigenvalue weighted by molar-refractivity contribution is 6.03. The SMILES string of the molecule is CC[C@H]1[C@@H](O)C2C(CC[C@@]3(C)C2CC[C@@H]3[C@H](C)Cc2ccc3cccc(C(=O)O)c3c2)C2(C)CC[C@@H](O)C[C@@H]12. The van der Waals surface area contributed by atoms with Crippen molar-refractivity contribution in [2.75, 3.05) is 0 Å². The Balaban J connectivity index is 1.26. The number of aliphatic hydroxyl groups is 2. The molecule has 0 spiro atoms. The monoisotopic (exact) mass is 532 g/mol. The van der Waals surface area contributed by atoms with Gasteiger partial charge in [-0.25, -0.2) is 4.79 Å². The van der Waals surface area contributed by atoms with E-state index < -0.39 is 5.97 Å². The zero-order valence-electron chi connectivity index (χ0n) is 24.3. The third kappa shape index (κ3) is 4.19. The van der Waals surface area contributed by atoms with Gasteiger partial charge < -0.3 is 15.3 Å². The van der Waals surface area contributed by atoms with Gasteiger partial charge in [-0.3, -0.25) is 0 Å². The summed E-state index contributed by atoms with van der Waals surface area (Å²) in [6, 6.07) is 11.9. The normalized spacial score (nSPS) is 42.4. The van der Waals surface area contributed by atoms with E-state index in [-0.39, 0.29) is 23.0 Å². The van der Waals surface area contributed by atoms with Gasteiger partial charge in [0.15, 0.2) is 0 Å². The van der Waals surface area contributed by atoms with Crippen LogP contribution in [0.15, 0.2) is 36.4 Å². The molecule has 0 saturated heterocycles. The molecule has 39 heavy (non-hydrogen) atoms. The zero-order valence-corrected chi connectivity index (χ0v) is 24.3. The number of hydrogen-bond acceptors (Lipinski definition) is 3. The molecule has 212 valence electrons. The summed E-state index contributed by atoms with van der Waals surface area (Å²) in [4.78, 5) is 11.8. The van der Waals surface area contributed by atoms with E-state index in [9.17, 15) is 20.1 Å². The van der Waals surface area contributed by atoms with Gasteiger partial charge in [-0.2, -0.15) is 0 Å². The molecule has 2 aromatic carbocycles. The number of hydrogen-bond donors (Lipinski definition) is 3. The Labute approximate surface area is 234 Å². The number of rotatable bonds is 5. The van der Waals surface area contributed by atoms with Crippen molar-refractivity contribution < 1.29 is 20.1 Å². The standard InChI is InChI=1S/C35H48O4/c1-5-24-30-19-23(36)13-15-35(30,4)29-14-16-34(3)27(11-12-28(34)31(29)32(24)37)20(2)17-21-9-10-22-7-6-8-25(33(38)39)26(22)18-21/h6-10,18,20,23-24,27-32,36-37H,5,11-17,19H2,1-4H3,(H,38,39)/t20-,23-,24-,27-,28?,29?,30+,31?,32-,34-,35?/m1/s1. The molecule has 4 aliphatic carbocycles. The Kier molecular flexibility index (Phi) is 6.90.